The van der Waals surface area contributed by atoms with E-state index in [0.29, 0.717) is 12.3 Å². The minimum absolute atomic E-state index is 0. The standard InChI is InChI=1S/C13H20BrFN2O2S.ClH/c1-9(2)7-13(3,8-16)17-20(18,19)10-4-5-12(15)11(14)6-10;/h4-6,9,17H,7-8,16H2,1-3H3;1H. The monoisotopic (exact) mass is 402 g/mol. The second-order valence-corrected chi connectivity index (χ2v) is 8.08. The third kappa shape index (κ3) is 5.83. The van der Waals surface area contributed by atoms with Gasteiger partial charge < -0.3 is 5.73 Å². The van der Waals surface area contributed by atoms with Crippen LogP contribution in [0.1, 0.15) is 27.2 Å². The molecule has 0 aromatic heterocycles. The molecule has 0 heterocycles. The van der Waals surface area contributed by atoms with Crippen molar-refractivity contribution >= 4 is 38.4 Å². The number of sulfonamides is 1. The van der Waals surface area contributed by atoms with E-state index in [1.165, 1.54) is 12.1 Å². The molecular weight excluding hydrogens is 383 g/mol. The van der Waals surface area contributed by atoms with Gasteiger partial charge in [-0.25, -0.2) is 17.5 Å². The Hall–Kier alpha value is -0.210. The number of benzene rings is 1. The smallest absolute Gasteiger partial charge is 0.241 e. The number of hydrogen-bond acceptors (Lipinski definition) is 3. The predicted octanol–water partition coefficient (Wildman–Crippen LogP) is 3.05. The summed E-state index contributed by atoms with van der Waals surface area (Å²) >= 11 is 2.98. The lowest BCUT2D eigenvalue weighted by Crippen LogP contribution is -2.51. The zero-order valence-corrected chi connectivity index (χ0v) is 15.4. The lowest BCUT2D eigenvalue weighted by molar-refractivity contribution is 0.344. The lowest BCUT2D eigenvalue weighted by atomic mass is 9.92. The molecule has 1 aromatic rings. The Morgan fingerprint density at radius 3 is 2.43 bits per heavy atom. The van der Waals surface area contributed by atoms with E-state index in [2.05, 4.69) is 20.7 Å². The fourth-order valence-corrected chi connectivity index (χ4v) is 4.08. The molecule has 1 rings (SSSR count). The van der Waals surface area contributed by atoms with Crippen LogP contribution in [0, 0.1) is 11.7 Å². The normalized spacial score (nSPS) is 14.6. The summed E-state index contributed by atoms with van der Waals surface area (Å²) in [5.41, 5.74) is 4.97. The summed E-state index contributed by atoms with van der Waals surface area (Å²) in [6.45, 7) is 5.95. The maximum atomic E-state index is 13.2. The van der Waals surface area contributed by atoms with E-state index in [1.54, 1.807) is 6.92 Å². The highest BCUT2D eigenvalue weighted by Gasteiger charge is 2.30. The van der Waals surface area contributed by atoms with Gasteiger partial charge in [-0.15, -0.1) is 12.4 Å². The van der Waals surface area contributed by atoms with Crippen LogP contribution in [-0.2, 0) is 10.0 Å². The third-order valence-corrected chi connectivity index (χ3v) is 5.14. The summed E-state index contributed by atoms with van der Waals surface area (Å²) in [7, 11) is -3.74. The summed E-state index contributed by atoms with van der Waals surface area (Å²) < 4.78 is 40.6. The first-order chi connectivity index (χ1) is 9.09. The molecule has 122 valence electrons. The van der Waals surface area contributed by atoms with E-state index in [9.17, 15) is 12.8 Å². The highest BCUT2D eigenvalue weighted by molar-refractivity contribution is 9.10. The van der Waals surface area contributed by atoms with Crippen LogP contribution >= 0.6 is 28.3 Å². The van der Waals surface area contributed by atoms with Gasteiger partial charge in [-0.2, -0.15) is 0 Å². The molecule has 1 unspecified atom stereocenters. The molecular formula is C13H21BrClFN2O2S. The molecule has 3 N–H and O–H groups in total. The molecule has 1 aromatic carbocycles. The number of halogens is 3. The maximum Gasteiger partial charge on any atom is 0.241 e. The summed E-state index contributed by atoms with van der Waals surface area (Å²) in [5, 5.41) is 0. The molecule has 0 aliphatic heterocycles. The topological polar surface area (TPSA) is 72.2 Å². The first-order valence-corrected chi connectivity index (χ1v) is 8.56. The van der Waals surface area contributed by atoms with Crippen LogP contribution in [0.4, 0.5) is 4.39 Å². The van der Waals surface area contributed by atoms with E-state index in [-0.39, 0.29) is 28.3 Å². The summed E-state index contributed by atoms with van der Waals surface area (Å²) in [6, 6.07) is 3.58. The SMILES string of the molecule is CC(C)CC(C)(CN)NS(=O)(=O)c1ccc(F)c(Br)c1.Cl. The minimum atomic E-state index is -3.74. The molecule has 0 radical (unpaired) electrons. The van der Waals surface area contributed by atoms with Crippen molar-refractivity contribution in [2.75, 3.05) is 6.54 Å². The van der Waals surface area contributed by atoms with E-state index in [0.717, 1.165) is 6.07 Å². The van der Waals surface area contributed by atoms with Crippen LogP contribution in [0.3, 0.4) is 0 Å². The quantitative estimate of drug-likeness (QED) is 0.767. The first-order valence-electron chi connectivity index (χ1n) is 6.29. The van der Waals surface area contributed by atoms with Gasteiger partial charge in [0.25, 0.3) is 0 Å². The Balaban J connectivity index is 0.00000400. The number of nitrogens with two attached hydrogens (primary N) is 1. The van der Waals surface area contributed by atoms with Gasteiger partial charge in [0.15, 0.2) is 0 Å². The van der Waals surface area contributed by atoms with Crippen LogP contribution in [0.25, 0.3) is 0 Å². The molecule has 0 aliphatic carbocycles. The molecule has 8 heteroatoms. The molecule has 0 bridgehead atoms. The second kappa shape index (κ2) is 7.87. The third-order valence-electron chi connectivity index (χ3n) is 2.89. The van der Waals surface area contributed by atoms with Crippen molar-refractivity contribution in [2.24, 2.45) is 11.7 Å². The molecule has 0 saturated heterocycles. The van der Waals surface area contributed by atoms with Gasteiger partial charge in [0, 0.05) is 12.1 Å². The van der Waals surface area contributed by atoms with Gasteiger partial charge in [-0.3, -0.25) is 0 Å². The lowest BCUT2D eigenvalue weighted by Gasteiger charge is -2.30. The van der Waals surface area contributed by atoms with Crippen LogP contribution in [-0.4, -0.2) is 20.5 Å². The van der Waals surface area contributed by atoms with Crippen molar-refractivity contribution in [1.29, 1.82) is 0 Å². The van der Waals surface area contributed by atoms with Crippen LogP contribution < -0.4 is 10.5 Å². The van der Waals surface area contributed by atoms with Gasteiger partial charge in [-0.05, 0) is 53.4 Å². The molecule has 4 nitrogen and oxygen atoms in total. The van der Waals surface area contributed by atoms with Crippen molar-refractivity contribution < 1.29 is 12.8 Å². The fraction of sp³-hybridized carbons (Fsp3) is 0.538. The maximum absolute atomic E-state index is 13.2. The molecule has 0 fully saturated rings. The van der Waals surface area contributed by atoms with Gasteiger partial charge in [0.05, 0.1) is 9.37 Å². The molecule has 0 spiro atoms. The van der Waals surface area contributed by atoms with Crippen molar-refractivity contribution in [1.82, 2.24) is 4.72 Å². The van der Waals surface area contributed by atoms with Crippen LogP contribution in [0.5, 0.6) is 0 Å². The molecule has 1 atom stereocenters. The van der Waals surface area contributed by atoms with E-state index in [4.69, 9.17) is 5.73 Å². The van der Waals surface area contributed by atoms with E-state index >= 15 is 0 Å². The minimum Gasteiger partial charge on any atom is -0.329 e. The van der Waals surface area contributed by atoms with Gasteiger partial charge in [-0.1, -0.05) is 13.8 Å². The largest absolute Gasteiger partial charge is 0.329 e. The average Bonchev–Trinajstić information content (AvgIpc) is 2.30. The predicted molar refractivity (Wildman–Crippen MR) is 88.6 cm³/mol. The van der Waals surface area contributed by atoms with Crippen molar-refractivity contribution in [3.05, 3.63) is 28.5 Å². The number of nitrogens with one attached hydrogen (secondary N) is 1. The summed E-state index contributed by atoms with van der Waals surface area (Å²) in [5.74, 6) is -0.209. The Morgan fingerprint density at radius 2 is 2.00 bits per heavy atom. The van der Waals surface area contributed by atoms with Crippen molar-refractivity contribution in [2.45, 2.75) is 37.6 Å². The Kier molecular flexibility index (Phi) is 7.79. The van der Waals surface area contributed by atoms with Crippen molar-refractivity contribution in [3.63, 3.8) is 0 Å². The van der Waals surface area contributed by atoms with E-state index < -0.39 is 21.4 Å². The highest BCUT2D eigenvalue weighted by atomic mass is 79.9. The molecule has 21 heavy (non-hydrogen) atoms. The van der Waals surface area contributed by atoms with Gasteiger partial charge in [0.2, 0.25) is 10.0 Å². The second-order valence-electron chi connectivity index (χ2n) is 5.54. The summed E-state index contributed by atoms with van der Waals surface area (Å²) in [4.78, 5) is 0.00852. The fourth-order valence-electron chi connectivity index (χ4n) is 2.10. The average molecular weight is 404 g/mol. The van der Waals surface area contributed by atoms with Gasteiger partial charge in [0.1, 0.15) is 5.82 Å². The zero-order chi connectivity index (χ0) is 15.6. The Bertz CT molecular complexity index is 584. The molecule has 0 aliphatic rings. The van der Waals surface area contributed by atoms with E-state index in [1.807, 2.05) is 13.8 Å². The Morgan fingerprint density at radius 1 is 1.43 bits per heavy atom. The number of hydrogen-bond donors (Lipinski definition) is 2. The zero-order valence-electron chi connectivity index (χ0n) is 12.2. The first kappa shape index (κ1) is 20.8. The summed E-state index contributed by atoms with van der Waals surface area (Å²) in [6.07, 6.45) is 0.616. The molecule has 0 saturated carbocycles. The van der Waals surface area contributed by atoms with Crippen molar-refractivity contribution in [3.8, 4) is 0 Å². The van der Waals surface area contributed by atoms with Crippen LogP contribution in [0.2, 0.25) is 0 Å². The highest BCUT2D eigenvalue weighted by Crippen LogP contribution is 2.23. The number of rotatable bonds is 6. The van der Waals surface area contributed by atoms with Crippen LogP contribution in [0.15, 0.2) is 27.6 Å². The Labute approximate surface area is 140 Å². The van der Waals surface area contributed by atoms with Gasteiger partial charge >= 0.3 is 0 Å². The molecule has 0 amide bonds.